The molecule has 1 fully saturated rings. The van der Waals surface area contributed by atoms with Crippen molar-refractivity contribution >= 4 is 70.1 Å². The summed E-state index contributed by atoms with van der Waals surface area (Å²) >= 11 is 0. The molecular weight excluding hydrogens is 911 g/mol. The molecule has 23 heteroatoms. The number of amides is 8. The van der Waals surface area contributed by atoms with E-state index in [1.807, 2.05) is 31.2 Å². The molecule has 14 N–H and O–H groups in total. The van der Waals surface area contributed by atoms with Crippen molar-refractivity contribution in [2.24, 2.45) is 29.2 Å². The van der Waals surface area contributed by atoms with Gasteiger partial charge in [-0.15, -0.1) is 0 Å². The van der Waals surface area contributed by atoms with Crippen LogP contribution in [0.25, 0.3) is 10.9 Å². The molecule has 1 aliphatic heterocycles. The van der Waals surface area contributed by atoms with Crippen LogP contribution in [0.1, 0.15) is 98.5 Å². The van der Waals surface area contributed by atoms with Crippen molar-refractivity contribution in [2.45, 2.75) is 142 Å². The summed E-state index contributed by atoms with van der Waals surface area (Å²) in [6.45, 7) is 9.82. The highest BCUT2D eigenvalue weighted by Gasteiger charge is 2.40. The minimum Gasteiger partial charge on any atom is -0.481 e. The third kappa shape index (κ3) is 17.7. The van der Waals surface area contributed by atoms with Crippen molar-refractivity contribution in [3.63, 3.8) is 0 Å². The molecule has 2 aromatic rings. The highest BCUT2D eigenvalue weighted by atomic mass is 16.4. The molecule has 70 heavy (non-hydrogen) atoms. The van der Waals surface area contributed by atoms with Gasteiger partial charge in [0.05, 0.1) is 25.6 Å². The van der Waals surface area contributed by atoms with E-state index in [-0.39, 0.29) is 38.1 Å². The molecule has 1 aromatic carbocycles. The number of para-hydroxylation sites is 1. The average Bonchev–Trinajstić information content (AvgIpc) is 3.97. The summed E-state index contributed by atoms with van der Waals surface area (Å²) in [6.07, 6.45) is 3.42. The number of rotatable bonds is 29. The maximum Gasteiger partial charge on any atom is 0.326 e. The van der Waals surface area contributed by atoms with Gasteiger partial charge in [-0.3, -0.25) is 43.2 Å². The van der Waals surface area contributed by atoms with E-state index in [0.29, 0.717) is 32.2 Å². The van der Waals surface area contributed by atoms with Gasteiger partial charge in [0.25, 0.3) is 0 Å². The number of fused-ring (bicyclic) bond motifs is 1. The number of carboxylic acids is 2. The zero-order chi connectivity index (χ0) is 52.2. The van der Waals surface area contributed by atoms with Gasteiger partial charge in [-0.05, 0) is 80.9 Å². The number of nitrogens with zero attached hydrogens (tertiary/aromatic N) is 1. The first kappa shape index (κ1) is 57.7. The van der Waals surface area contributed by atoms with Gasteiger partial charge < -0.3 is 68.8 Å². The number of carboxylic acid groups (broad SMARTS) is 2. The van der Waals surface area contributed by atoms with E-state index in [0.717, 1.165) is 16.5 Å². The fraction of sp³-hybridized carbons (Fsp3) is 0.617. The Balaban J connectivity index is 1.63. The SMILES string of the molecule is CC[C@H](C)[C@H](NC(=O)CNC(=O)[C@@H](NC(=O)[C@H](CC(C)C)NC(=O)[C@H](CC(=O)O)NC(=O)[C@@H](N)Cc1c[nH]c2ccccc12)C(C)C)C(=O)N1CCC[C@H]1C(=O)NCC(=O)N[C@@H](CCCCN)C(=O)O. The number of nitrogens with two attached hydrogens (primary N) is 2. The van der Waals surface area contributed by atoms with Crippen molar-refractivity contribution in [2.75, 3.05) is 26.2 Å². The van der Waals surface area contributed by atoms with Gasteiger partial charge in [-0.1, -0.05) is 66.2 Å². The number of unbranched alkanes of at least 4 members (excludes halogenated alkanes) is 1. The lowest BCUT2D eigenvalue weighted by Gasteiger charge is -2.31. The topological polar surface area (TPSA) is 366 Å². The van der Waals surface area contributed by atoms with E-state index < -0.39 is 133 Å². The second-order valence-electron chi connectivity index (χ2n) is 18.5. The summed E-state index contributed by atoms with van der Waals surface area (Å²) < 4.78 is 0. The lowest BCUT2D eigenvalue weighted by Crippen LogP contribution is -2.59. The molecule has 8 atom stereocenters. The van der Waals surface area contributed by atoms with Crippen LogP contribution in [-0.4, -0.2) is 148 Å². The predicted octanol–water partition coefficient (Wildman–Crippen LogP) is -0.878. The van der Waals surface area contributed by atoms with E-state index in [2.05, 4.69) is 42.2 Å². The van der Waals surface area contributed by atoms with Crippen LogP contribution in [0.2, 0.25) is 0 Å². The highest BCUT2D eigenvalue weighted by molar-refractivity contribution is 5.98. The molecule has 1 saturated heterocycles. The number of benzene rings is 1. The molecular formula is C47H73N11O12. The maximum absolute atomic E-state index is 14.0. The highest BCUT2D eigenvalue weighted by Crippen LogP contribution is 2.22. The van der Waals surface area contributed by atoms with Gasteiger partial charge in [0.1, 0.15) is 36.3 Å². The van der Waals surface area contributed by atoms with Crippen molar-refractivity contribution in [1.29, 1.82) is 0 Å². The van der Waals surface area contributed by atoms with Crippen LogP contribution >= 0.6 is 0 Å². The molecule has 0 spiro atoms. The number of aromatic amines is 1. The number of carbonyl (C=O) groups excluding carboxylic acids is 8. The Hall–Kier alpha value is -6.62. The van der Waals surface area contributed by atoms with Crippen LogP contribution in [0.4, 0.5) is 0 Å². The molecule has 1 aliphatic rings. The monoisotopic (exact) mass is 984 g/mol. The molecule has 0 saturated carbocycles. The van der Waals surface area contributed by atoms with Gasteiger partial charge >= 0.3 is 11.9 Å². The lowest BCUT2D eigenvalue weighted by molar-refractivity contribution is -0.143. The summed E-state index contributed by atoms with van der Waals surface area (Å²) in [5.41, 5.74) is 13.2. The number of hydrogen-bond acceptors (Lipinski definition) is 12. The van der Waals surface area contributed by atoms with E-state index >= 15 is 0 Å². The van der Waals surface area contributed by atoms with Gasteiger partial charge in [-0.25, -0.2) is 4.79 Å². The minimum atomic E-state index is -1.61. The molecule has 23 nitrogen and oxygen atoms in total. The number of hydrogen-bond donors (Lipinski definition) is 12. The lowest BCUT2D eigenvalue weighted by atomic mass is 9.97. The molecule has 1 aromatic heterocycles. The Kier molecular flexibility index (Phi) is 23.2. The molecule has 2 heterocycles. The first-order valence-electron chi connectivity index (χ1n) is 23.9. The van der Waals surface area contributed by atoms with Gasteiger partial charge in [-0.2, -0.15) is 0 Å². The third-order valence-electron chi connectivity index (χ3n) is 12.1. The Bertz CT molecular complexity index is 2160. The minimum absolute atomic E-state index is 0.0588. The Morgan fingerprint density at radius 3 is 2.04 bits per heavy atom. The quantitative estimate of drug-likeness (QED) is 0.0441. The van der Waals surface area contributed by atoms with E-state index in [1.165, 1.54) is 4.90 Å². The molecule has 388 valence electrons. The Labute approximate surface area is 407 Å². The summed E-state index contributed by atoms with van der Waals surface area (Å²) in [6, 6.07) is -1.14. The van der Waals surface area contributed by atoms with E-state index in [4.69, 9.17) is 11.5 Å². The summed E-state index contributed by atoms with van der Waals surface area (Å²) in [4.78, 5) is 135. The fourth-order valence-corrected chi connectivity index (χ4v) is 8.00. The van der Waals surface area contributed by atoms with Crippen LogP contribution in [-0.2, 0) is 54.4 Å². The zero-order valence-corrected chi connectivity index (χ0v) is 40.9. The van der Waals surface area contributed by atoms with Gasteiger partial charge in [0.15, 0.2) is 0 Å². The Morgan fingerprint density at radius 1 is 0.771 bits per heavy atom. The van der Waals surface area contributed by atoms with Crippen LogP contribution in [0, 0.1) is 17.8 Å². The van der Waals surface area contributed by atoms with Crippen molar-refractivity contribution in [3.8, 4) is 0 Å². The second kappa shape index (κ2) is 28.1. The maximum atomic E-state index is 14.0. The standard InChI is InChI=1S/C47H73N11O12/c1-7-27(6)40(46(68)58-18-12-16-35(58)44(66)51-23-36(59)53-32(47(69)70)15-10-11-17-48)56-37(60)24-52-45(67)39(26(4)5)57-43(65)33(19-25(2)3)55-42(64)34(21-38(61)62)54-41(63)30(49)20-28-22-50-31-14-9-8-13-29(28)31/h8-9,13-14,22,25-27,30,32-35,39-40,50H,7,10-12,15-21,23-24,48-49H2,1-6H3,(H,51,66)(H,52,67)(H,53,59)(H,54,63)(H,55,64)(H,56,60)(H,57,65)(H,61,62)(H,69,70)/t27-,30-,32-,33-,34-,35-,39-,40-/m0/s1. The van der Waals surface area contributed by atoms with Crippen molar-refractivity contribution in [1.82, 2.24) is 47.1 Å². The largest absolute Gasteiger partial charge is 0.481 e. The molecule has 0 radical (unpaired) electrons. The van der Waals surface area contributed by atoms with Crippen LogP contribution in [0.5, 0.6) is 0 Å². The third-order valence-corrected chi connectivity index (χ3v) is 12.1. The van der Waals surface area contributed by atoms with E-state index in [9.17, 15) is 58.2 Å². The molecule has 0 aliphatic carbocycles. The molecule has 0 bridgehead atoms. The van der Waals surface area contributed by atoms with Crippen LogP contribution in [0.3, 0.4) is 0 Å². The first-order chi connectivity index (χ1) is 33.1. The summed E-state index contributed by atoms with van der Waals surface area (Å²) in [5.74, 6) is -9.71. The fourth-order valence-electron chi connectivity index (χ4n) is 8.00. The second-order valence-corrected chi connectivity index (χ2v) is 18.5. The average molecular weight is 984 g/mol. The predicted molar refractivity (Wildman–Crippen MR) is 257 cm³/mol. The number of carbonyl (C=O) groups is 10. The van der Waals surface area contributed by atoms with Crippen molar-refractivity contribution < 1.29 is 58.2 Å². The molecule has 3 rings (SSSR count). The summed E-state index contributed by atoms with van der Waals surface area (Å²) in [7, 11) is 0. The van der Waals surface area contributed by atoms with Crippen LogP contribution < -0.4 is 48.7 Å². The zero-order valence-electron chi connectivity index (χ0n) is 40.9. The van der Waals surface area contributed by atoms with Crippen molar-refractivity contribution in [3.05, 3.63) is 36.0 Å². The normalized spacial score (nSPS) is 16.5. The Morgan fingerprint density at radius 2 is 1.41 bits per heavy atom. The number of likely N-dealkylation sites (tertiary alicyclic amines) is 1. The van der Waals surface area contributed by atoms with Crippen LogP contribution in [0.15, 0.2) is 30.5 Å². The van der Waals surface area contributed by atoms with Gasteiger partial charge in [0.2, 0.25) is 47.3 Å². The smallest absolute Gasteiger partial charge is 0.326 e. The first-order valence-corrected chi connectivity index (χ1v) is 23.9. The van der Waals surface area contributed by atoms with Gasteiger partial charge in [0, 0.05) is 23.6 Å². The summed E-state index contributed by atoms with van der Waals surface area (Å²) in [5, 5.41) is 37.6. The number of nitrogens with one attached hydrogen (secondary N) is 8. The molecule has 0 unspecified atom stereocenters. The molecule has 8 amide bonds. The number of aliphatic carboxylic acids is 2. The van der Waals surface area contributed by atoms with E-state index in [1.54, 1.807) is 40.8 Å². The number of H-pyrrole nitrogens is 1. The number of aromatic nitrogens is 1.